The summed E-state index contributed by atoms with van der Waals surface area (Å²) >= 11 is 0. The van der Waals surface area contributed by atoms with E-state index in [9.17, 15) is 4.39 Å². The Morgan fingerprint density at radius 2 is 2.05 bits per heavy atom. The first-order chi connectivity index (χ1) is 9.19. The largest absolute Gasteiger partial charge is 0.399 e. The molecule has 0 atom stereocenters. The number of hydrogen-bond donors (Lipinski definition) is 1. The SMILES string of the molecule is CCc1ncnc(N2Cc3ccc(N)cc3C2)c1F. The molecule has 98 valence electrons. The minimum absolute atomic E-state index is 0.314. The summed E-state index contributed by atoms with van der Waals surface area (Å²) in [6.45, 7) is 3.18. The van der Waals surface area contributed by atoms with Crippen LogP contribution in [0.2, 0.25) is 0 Å². The summed E-state index contributed by atoms with van der Waals surface area (Å²) in [6.07, 6.45) is 1.99. The van der Waals surface area contributed by atoms with Crippen LogP contribution in [-0.2, 0) is 19.5 Å². The average molecular weight is 258 g/mol. The normalized spacial score (nSPS) is 13.7. The van der Waals surface area contributed by atoms with Crippen molar-refractivity contribution in [3.63, 3.8) is 0 Å². The molecule has 0 radical (unpaired) electrons. The van der Waals surface area contributed by atoms with Gasteiger partial charge in [0.15, 0.2) is 11.6 Å². The van der Waals surface area contributed by atoms with Crippen LogP contribution < -0.4 is 10.6 Å². The molecule has 0 unspecified atom stereocenters. The van der Waals surface area contributed by atoms with Crippen molar-refractivity contribution < 1.29 is 4.39 Å². The summed E-state index contributed by atoms with van der Waals surface area (Å²) in [5.41, 5.74) is 9.27. The predicted octanol–water partition coefficient (Wildman–Crippen LogP) is 2.28. The Morgan fingerprint density at radius 1 is 1.26 bits per heavy atom. The first kappa shape index (κ1) is 11.9. The number of anilines is 2. The van der Waals surface area contributed by atoms with Crippen LogP contribution in [0, 0.1) is 5.82 Å². The van der Waals surface area contributed by atoms with Gasteiger partial charge in [-0.25, -0.2) is 14.4 Å². The second-order valence-corrected chi connectivity index (χ2v) is 4.70. The zero-order valence-electron chi connectivity index (χ0n) is 10.7. The number of nitrogens with two attached hydrogens (primary N) is 1. The summed E-state index contributed by atoms with van der Waals surface area (Å²) in [5.74, 6) is 0.0624. The molecule has 0 fully saturated rings. The van der Waals surface area contributed by atoms with E-state index < -0.39 is 0 Å². The molecule has 2 aromatic rings. The molecule has 1 aromatic heterocycles. The lowest BCUT2D eigenvalue weighted by molar-refractivity contribution is 0.585. The van der Waals surface area contributed by atoms with Gasteiger partial charge in [-0.1, -0.05) is 13.0 Å². The number of aryl methyl sites for hydroxylation is 1. The molecule has 1 aliphatic heterocycles. The van der Waals surface area contributed by atoms with Crippen LogP contribution in [0.1, 0.15) is 23.7 Å². The van der Waals surface area contributed by atoms with Gasteiger partial charge in [-0.2, -0.15) is 0 Å². The maximum atomic E-state index is 14.2. The van der Waals surface area contributed by atoms with Crippen molar-refractivity contribution in [1.29, 1.82) is 0 Å². The third kappa shape index (κ3) is 2.01. The molecule has 0 amide bonds. The predicted molar refractivity (Wildman–Crippen MR) is 72.1 cm³/mol. The topological polar surface area (TPSA) is 55.0 Å². The van der Waals surface area contributed by atoms with Crippen molar-refractivity contribution >= 4 is 11.5 Å². The summed E-state index contributed by atoms with van der Waals surface area (Å²) in [6, 6.07) is 5.80. The Kier molecular flexibility index (Phi) is 2.81. The Morgan fingerprint density at radius 3 is 2.84 bits per heavy atom. The van der Waals surface area contributed by atoms with E-state index in [0.29, 0.717) is 31.0 Å². The highest BCUT2D eigenvalue weighted by Crippen LogP contribution is 2.30. The van der Waals surface area contributed by atoms with Gasteiger partial charge in [0.1, 0.15) is 6.33 Å². The Balaban J connectivity index is 1.95. The molecular formula is C14H15FN4. The van der Waals surface area contributed by atoms with E-state index in [1.165, 1.54) is 11.9 Å². The van der Waals surface area contributed by atoms with E-state index in [2.05, 4.69) is 9.97 Å². The van der Waals surface area contributed by atoms with Crippen LogP contribution in [0.15, 0.2) is 24.5 Å². The first-order valence-electron chi connectivity index (χ1n) is 6.30. The van der Waals surface area contributed by atoms with Crippen molar-refractivity contribution in [2.24, 2.45) is 0 Å². The molecule has 0 saturated heterocycles. The summed E-state index contributed by atoms with van der Waals surface area (Å²) in [4.78, 5) is 9.96. The second-order valence-electron chi connectivity index (χ2n) is 4.70. The van der Waals surface area contributed by atoms with Crippen LogP contribution in [0.4, 0.5) is 15.9 Å². The average Bonchev–Trinajstić information content (AvgIpc) is 2.81. The van der Waals surface area contributed by atoms with Crippen molar-refractivity contribution in [3.05, 3.63) is 47.2 Å². The monoisotopic (exact) mass is 258 g/mol. The van der Waals surface area contributed by atoms with Crippen LogP contribution in [0.3, 0.4) is 0 Å². The van der Waals surface area contributed by atoms with Gasteiger partial charge < -0.3 is 10.6 Å². The molecular weight excluding hydrogens is 243 g/mol. The molecule has 0 spiro atoms. The maximum Gasteiger partial charge on any atom is 0.187 e. The molecule has 5 heteroatoms. The molecule has 1 aromatic carbocycles. The second kappa shape index (κ2) is 4.50. The molecule has 2 N–H and O–H groups in total. The fourth-order valence-corrected chi connectivity index (χ4v) is 2.43. The number of aromatic nitrogens is 2. The Labute approximate surface area is 111 Å². The van der Waals surface area contributed by atoms with Crippen LogP contribution in [0.25, 0.3) is 0 Å². The number of nitrogen functional groups attached to an aromatic ring is 1. The van der Waals surface area contributed by atoms with E-state index in [1.807, 2.05) is 30.0 Å². The Bertz CT molecular complexity index is 627. The van der Waals surface area contributed by atoms with Crippen LogP contribution in [-0.4, -0.2) is 9.97 Å². The van der Waals surface area contributed by atoms with E-state index in [0.717, 1.165) is 11.3 Å². The van der Waals surface area contributed by atoms with Crippen molar-refractivity contribution in [3.8, 4) is 0 Å². The van der Waals surface area contributed by atoms with E-state index >= 15 is 0 Å². The highest BCUT2D eigenvalue weighted by molar-refractivity contribution is 5.53. The minimum Gasteiger partial charge on any atom is -0.399 e. The number of halogens is 1. The van der Waals surface area contributed by atoms with Gasteiger partial charge in [-0.3, -0.25) is 0 Å². The van der Waals surface area contributed by atoms with Crippen LogP contribution in [0.5, 0.6) is 0 Å². The third-order valence-electron chi connectivity index (χ3n) is 3.43. The smallest absolute Gasteiger partial charge is 0.187 e. The summed E-state index contributed by atoms with van der Waals surface area (Å²) in [7, 11) is 0. The third-order valence-corrected chi connectivity index (χ3v) is 3.43. The molecule has 0 bridgehead atoms. The van der Waals surface area contributed by atoms with Gasteiger partial charge in [0, 0.05) is 18.8 Å². The molecule has 3 rings (SSSR count). The van der Waals surface area contributed by atoms with Gasteiger partial charge >= 0.3 is 0 Å². The number of hydrogen-bond acceptors (Lipinski definition) is 4. The van der Waals surface area contributed by atoms with E-state index in [-0.39, 0.29) is 5.82 Å². The molecule has 19 heavy (non-hydrogen) atoms. The lowest BCUT2D eigenvalue weighted by Gasteiger charge is -2.17. The van der Waals surface area contributed by atoms with Crippen molar-refractivity contribution in [2.45, 2.75) is 26.4 Å². The minimum atomic E-state index is -0.314. The van der Waals surface area contributed by atoms with Crippen molar-refractivity contribution in [1.82, 2.24) is 9.97 Å². The lowest BCUT2D eigenvalue weighted by atomic mass is 10.1. The quantitative estimate of drug-likeness (QED) is 0.840. The van der Waals surface area contributed by atoms with Gasteiger partial charge in [0.2, 0.25) is 0 Å². The lowest BCUT2D eigenvalue weighted by Crippen LogP contribution is -2.18. The number of fused-ring (bicyclic) bond motifs is 1. The maximum absolute atomic E-state index is 14.2. The van der Waals surface area contributed by atoms with Crippen LogP contribution >= 0.6 is 0 Å². The fourth-order valence-electron chi connectivity index (χ4n) is 2.43. The molecule has 2 heterocycles. The molecule has 4 nitrogen and oxygen atoms in total. The van der Waals surface area contributed by atoms with Gasteiger partial charge in [0.25, 0.3) is 0 Å². The first-order valence-corrected chi connectivity index (χ1v) is 6.30. The fraction of sp³-hybridized carbons (Fsp3) is 0.286. The Hall–Kier alpha value is -2.17. The number of nitrogens with zero attached hydrogens (tertiary/aromatic N) is 3. The molecule has 1 aliphatic rings. The zero-order chi connectivity index (χ0) is 13.4. The molecule has 0 aliphatic carbocycles. The number of benzene rings is 1. The summed E-state index contributed by atoms with van der Waals surface area (Å²) < 4.78 is 14.2. The van der Waals surface area contributed by atoms with Gasteiger partial charge in [0.05, 0.1) is 5.69 Å². The van der Waals surface area contributed by atoms with Crippen molar-refractivity contribution in [2.75, 3.05) is 10.6 Å². The molecule has 0 saturated carbocycles. The highest BCUT2D eigenvalue weighted by Gasteiger charge is 2.23. The van der Waals surface area contributed by atoms with E-state index in [1.54, 1.807) is 0 Å². The van der Waals surface area contributed by atoms with E-state index in [4.69, 9.17) is 5.73 Å². The zero-order valence-corrected chi connectivity index (χ0v) is 10.7. The van der Waals surface area contributed by atoms with Gasteiger partial charge in [-0.05, 0) is 29.7 Å². The highest BCUT2D eigenvalue weighted by atomic mass is 19.1. The standard InChI is InChI=1S/C14H15FN4/c1-2-12-13(15)14(18-8-17-12)19-6-9-3-4-11(16)5-10(9)7-19/h3-5,8H,2,6-7,16H2,1H3. The number of rotatable bonds is 2. The summed E-state index contributed by atoms with van der Waals surface area (Å²) in [5, 5.41) is 0. The van der Waals surface area contributed by atoms with Gasteiger partial charge in [-0.15, -0.1) is 0 Å².